The third kappa shape index (κ3) is 2.13. The van der Waals surface area contributed by atoms with Crippen LogP contribution in [0.15, 0.2) is 36.4 Å². The summed E-state index contributed by atoms with van der Waals surface area (Å²) in [4.78, 5) is 6.21. The van der Waals surface area contributed by atoms with E-state index in [1.54, 1.807) is 0 Å². The van der Waals surface area contributed by atoms with Crippen LogP contribution in [0.4, 0.5) is 0 Å². The van der Waals surface area contributed by atoms with Crippen LogP contribution in [0.2, 0.25) is 0 Å². The minimum Gasteiger partial charge on any atom is -0.317 e. The lowest BCUT2D eigenvalue weighted by atomic mass is 9.85. The van der Waals surface area contributed by atoms with Gasteiger partial charge in [-0.3, -0.25) is 5.21 Å². The fourth-order valence-corrected chi connectivity index (χ4v) is 3.97. The molecule has 0 spiro atoms. The maximum absolute atomic E-state index is 12.6. The minimum absolute atomic E-state index is 0.127. The van der Waals surface area contributed by atoms with Gasteiger partial charge in [-0.25, -0.2) is 0 Å². The molecule has 2 aliphatic heterocycles. The van der Waals surface area contributed by atoms with E-state index in [1.807, 2.05) is 11.1 Å². The number of hydrogen-bond acceptors (Lipinski definition) is 3. The Morgan fingerprint density at radius 3 is 2.57 bits per heavy atom. The molecule has 118 valence electrons. The van der Waals surface area contributed by atoms with Gasteiger partial charge in [-0.15, -0.1) is 0 Å². The smallest absolute Gasteiger partial charge is 0.276 e. The van der Waals surface area contributed by atoms with E-state index in [0.717, 1.165) is 29.7 Å². The van der Waals surface area contributed by atoms with Gasteiger partial charge in [0.05, 0.1) is 10.5 Å². The highest BCUT2D eigenvalue weighted by Gasteiger charge is 2.44. The van der Waals surface area contributed by atoms with Crippen molar-refractivity contribution in [3.05, 3.63) is 75.0 Å². The van der Waals surface area contributed by atoms with Crippen LogP contribution in [0.5, 0.6) is 0 Å². The zero-order chi connectivity index (χ0) is 16.1. The first kappa shape index (κ1) is 14.3. The van der Waals surface area contributed by atoms with Crippen molar-refractivity contribution in [2.24, 2.45) is 0 Å². The topological polar surface area (TPSA) is 38.5 Å². The molecule has 0 saturated heterocycles. The van der Waals surface area contributed by atoms with E-state index < -0.39 is 0 Å². The predicted molar refractivity (Wildman–Crippen MR) is 89.1 cm³/mol. The van der Waals surface area contributed by atoms with Crippen molar-refractivity contribution >= 4 is 5.71 Å². The molecule has 0 saturated carbocycles. The third-order valence-corrected chi connectivity index (χ3v) is 4.81. The summed E-state index contributed by atoms with van der Waals surface area (Å²) in [6.45, 7) is 6.94. The highest BCUT2D eigenvalue weighted by atomic mass is 17.0. The second kappa shape index (κ2) is 5.10. The second-order valence-corrected chi connectivity index (χ2v) is 6.49. The van der Waals surface area contributed by atoms with E-state index in [-0.39, 0.29) is 6.04 Å². The van der Waals surface area contributed by atoms with Crippen LogP contribution in [-0.2, 0) is 11.4 Å². The molecule has 0 fully saturated rings. The molecule has 0 bridgehead atoms. The number of fused-ring (bicyclic) bond motifs is 3. The van der Waals surface area contributed by atoms with Crippen LogP contribution < -0.4 is 0 Å². The molecular formula is C19H20N2O2. The van der Waals surface area contributed by atoms with Gasteiger partial charge >= 0.3 is 0 Å². The normalized spacial score (nSPS) is 20.2. The van der Waals surface area contributed by atoms with Crippen molar-refractivity contribution in [3.63, 3.8) is 0 Å². The molecule has 0 N–H and O–H groups in total. The Morgan fingerprint density at radius 1 is 1.13 bits per heavy atom. The fraction of sp³-hybridized carbons (Fsp3) is 0.316. The van der Waals surface area contributed by atoms with E-state index >= 15 is 0 Å². The van der Waals surface area contributed by atoms with Crippen LogP contribution in [-0.4, -0.2) is 22.2 Å². The molecule has 0 radical (unpaired) electrons. The molecule has 2 aromatic carbocycles. The Morgan fingerprint density at radius 2 is 1.83 bits per heavy atom. The molecule has 4 rings (SSSR count). The highest BCUT2D eigenvalue weighted by Crippen LogP contribution is 2.37. The first-order valence-electron chi connectivity index (χ1n) is 8.01. The molecule has 1 atom stereocenters. The van der Waals surface area contributed by atoms with Crippen LogP contribution in [0.25, 0.3) is 0 Å². The molecule has 2 heterocycles. The third-order valence-electron chi connectivity index (χ3n) is 4.81. The van der Waals surface area contributed by atoms with Gasteiger partial charge in [-0.2, -0.15) is 5.06 Å². The zero-order valence-corrected chi connectivity index (χ0v) is 13.7. The van der Waals surface area contributed by atoms with Gasteiger partial charge in [0.1, 0.15) is 6.04 Å². The van der Waals surface area contributed by atoms with Crippen molar-refractivity contribution in [2.45, 2.75) is 33.2 Å². The summed E-state index contributed by atoms with van der Waals surface area (Å²) in [6.07, 6.45) is 0.902. The van der Waals surface area contributed by atoms with E-state index in [1.165, 1.54) is 16.7 Å². The lowest BCUT2D eigenvalue weighted by Crippen LogP contribution is -2.34. The first-order valence-corrected chi connectivity index (χ1v) is 8.01. The number of aryl methyl sites for hydroxylation is 3. The maximum Gasteiger partial charge on any atom is 0.276 e. The van der Waals surface area contributed by atoms with Crippen LogP contribution in [0, 0.1) is 26.0 Å². The van der Waals surface area contributed by atoms with Crippen LogP contribution in [0.1, 0.15) is 39.4 Å². The van der Waals surface area contributed by atoms with Crippen molar-refractivity contribution in [2.75, 3.05) is 6.54 Å². The number of hydrogen-bond donors (Lipinski definition) is 0. The first-order chi connectivity index (χ1) is 11.1. The average molecular weight is 308 g/mol. The Hall–Kier alpha value is -2.33. The van der Waals surface area contributed by atoms with Crippen LogP contribution >= 0.6 is 0 Å². The van der Waals surface area contributed by atoms with Gasteiger partial charge in [-0.05, 0) is 49.4 Å². The van der Waals surface area contributed by atoms with E-state index in [2.05, 4.69) is 51.1 Å². The van der Waals surface area contributed by atoms with Gasteiger partial charge in [0.2, 0.25) is 0 Å². The van der Waals surface area contributed by atoms with Gasteiger partial charge in [0.25, 0.3) is 5.71 Å². The molecular weight excluding hydrogens is 288 g/mol. The lowest BCUT2D eigenvalue weighted by molar-refractivity contribution is -0.781. The molecule has 4 heteroatoms. The number of hydroxylamine groups is 2. The summed E-state index contributed by atoms with van der Waals surface area (Å²) in [6, 6.07) is 12.5. The Kier molecular flexibility index (Phi) is 3.16. The summed E-state index contributed by atoms with van der Waals surface area (Å²) < 4.78 is 0. The van der Waals surface area contributed by atoms with Crippen molar-refractivity contribution in [1.82, 2.24) is 5.06 Å². The molecule has 1 unspecified atom stereocenters. The number of nitrogens with zero attached hydrogens (tertiary/aromatic N) is 2. The largest absolute Gasteiger partial charge is 0.317 e. The van der Waals surface area contributed by atoms with E-state index in [4.69, 9.17) is 4.94 Å². The van der Waals surface area contributed by atoms with Crippen molar-refractivity contribution < 1.29 is 9.84 Å². The maximum atomic E-state index is 12.6. The number of rotatable bonds is 1. The van der Waals surface area contributed by atoms with E-state index in [9.17, 15) is 5.21 Å². The highest BCUT2D eigenvalue weighted by molar-refractivity contribution is 6.04. The Balaban J connectivity index is 1.92. The monoisotopic (exact) mass is 308 g/mol. The van der Waals surface area contributed by atoms with Crippen LogP contribution in [0.3, 0.4) is 0 Å². The van der Waals surface area contributed by atoms with Gasteiger partial charge in [0, 0.05) is 6.54 Å². The van der Waals surface area contributed by atoms with Crippen molar-refractivity contribution in [3.8, 4) is 0 Å². The molecule has 23 heavy (non-hydrogen) atoms. The Bertz CT molecular complexity index is 803. The summed E-state index contributed by atoms with van der Waals surface area (Å²) in [7, 11) is 0. The molecule has 0 aliphatic carbocycles. The zero-order valence-electron chi connectivity index (χ0n) is 13.7. The average Bonchev–Trinajstić information content (AvgIpc) is 2.83. The van der Waals surface area contributed by atoms with Gasteiger partial charge in [-0.1, -0.05) is 42.0 Å². The molecule has 0 amide bonds. The van der Waals surface area contributed by atoms with Gasteiger partial charge < -0.3 is 4.94 Å². The molecule has 4 nitrogen and oxygen atoms in total. The quantitative estimate of drug-likeness (QED) is 0.758. The second-order valence-electron chi connectivity index (χ2n) is 6.49. The Labute approximate surface area is 136 Å². The SMILES string of the molecule is Cc1cc(C)c(C2=[N+]([O-])ON3CCc4ccccc4C23)c(C)c1. The summed E-state index contributed by atoms with van der Waals surface area (Å²) in [5, 5.41) is 14.4. The fourth-order valence-electron chi connectivity index (χ4n) is 3.97. The van der Waals surface area contributed by atoms with Crippen molar-refractivity contribution in [1.29, 1.82) is 0 Å². The predicted octanol–water partition coefficient (Wildman–Crippen LogP) is 3.37. The lowest BCUT2D eigenvalue weighted by Gasteiger charge is -2.30. The number of benzene rings is 2. The molecule has 0 aromatic heterocycles. The summed E-state index contributed by atoms with van der Waals surface area (Å²) in [5.74, 6) is 0. The van der Waals surface area contributed by atoms with E-state index in [0.29, 0.717) is 10.6 Å². The summed E-state index contributed by atoms with van der Waals surface area (Å²) in [5.41, 5.74) is 7.63. The molecule has 2 aliphatic rings. The standard InChI is InChI=1S/C19H20N2O2/c1-12-10-13(2)17(14(3)11-12)19-18-16-7-5-4-6-15(16)8-9-20(18)23-21(19)22/h4-7,10-11,18H,8-9H2,1-3H3. The molecule has 2 aromatic rings. The summed E-state index contributed by atoms with van der Waals surface area (Å²) >= 11 is 0. The van der Waals surface area contributed by atoms with Gasteiger partial charge in [0.15, 0.2) is 0 Å². The minimum atomic E-state index is -0.127.